The number of ether oxygens (including phenoxy) is 2. The molecule has 0 spiro atoms. The first kappa shape index (κ1) is 20.1. The highest BCUT2D eigenvalue weighted by molar-refractivity contribution is 6.01. The number of rotatable bonds is 5. The molecule has 0 radical (unpaired) electrons. The Balaban J connectivity index is 1.41. The van der Waals surface area contributed by atoms with E-state index in [2.05, 4.69) is 4.98 Å². The van der Waals surface area contributed by atoms with E-state index in [1.54, 1.807) is 34.3 Å². The molecule has 2 bridgehead atoms. The van der Waals surface area contributed by atoms with Crippen LogP contribution in [-0.2, 0) is 16.1 Å². The molecule has 1 aromatic heterocycles. The number of hydrogen-bond donors (Lipinski definition) is 0. The van der Waals surface area contributed by atoms with Crippen molar-refractivity contribution in [2.75, 3.05) is 18.1 Å². The molecule has 3 aromatic rings. The average Bonchev–Trinajstić information content (AvgIpc) is 3.27. The Hall–Kier alpha value is -3.87. The molecule has 0 saturated carbocycles. The zero-order valence-corrected chi connectivity index (χ0v) is 17.5. The second-order valence-electron chi connectivity index (χ2n) is 7.89. The van der Waals surface area contributed by atoms with E-state index in [4.69, 9.17) is 9.47 Å². The predicted molar refractivity (Wildman–Crippen MR) is 118 cm³/mol. The van der Waals surface area contributed by atoms with Crippen molar-refractivity contribution in [2.45, 2.75) is 25.1 Å². The third-order valence-electron chi connectivity index (χ3n) is 5.75. The van der Waals surface area contributed by atoms with Gasteiger partial charge in [-0.25, -0.2) is 0 Å². The maximum Gasteiger partial charge on any atom is 0.261 e. The maximum atomic E-state index is 13.7. The fourth-order valence-electron chi connectivity index (χ4n) is 4.23. The monoisotopic (exact) mass is 429 g/mol. The fraction of sp³-hybridized carbons (Fsp3) is 0.240. The summed E-state index contributed by atoms with van der Waals surface area (Å²) in [5, 5.41) is 0. The number of fused-ring (bicyclic) bond motifs is 3. The minimum atomic E-state index is -0.600. The standard InChI is InChI=1S/C25H23N3O4/c29-24(17-31-19-8-2-1-3-9-19)27-16-20-13-22(27)25(30)28(15-18-7-6-12-26-14-18)21-10-4-5-11-23(21)32-20/h1-12,14,20,22H,13,15-17H2. The smallest absolute Gasteiger partial charge is 0.261 e. The molecule has 0 aliphatic carbocycles. The van der Waals surface area contributed by atoms with E-state index in [0.29, 0.717) is 36.7 Å². The highest BCUT2D eigenvalue weighted by atomic mass is 16.5. The van der Waals surface area contributed by atoms with Gasteiger partial charge in [0.2, 0.25) is 5.91 Å². The summed E-state index contributed by atoms with van der Waals surface area (Å²) in [5.74, 6) is 0.902. The zero-order valence-electron chi connectivity index (χ0n) is 17.5. The van der Waals surface area contributed by atoms with Gasteiger partial charge in [0.15, 0.2) is 6.61 Å². The van der Waals surface area contributed by atoms with Gasteiger partial charge >= 0.3 is 0 Å². The molecule has 32 heavy (non-hydrogen) atoms. The number of aromatic nitrogens is 1. The van der Waals surface area contributed by atoms with E-state index in [1.807, 2.05) is 54.6 Å². The Labute approximate surface area is 186 Å². The van der Waals surface area contributed by atoms with Crippen molar-refractivity contribution in [1.29, 1.82) is 0 Å². The molecule has 2 atom stereocenters. The first-order chi connectivity index (χ1) is 15.7. The molecule has 2 aliphatic rings. The van der Waals surface area contributed by atoms with Crippen LogP contribution in [0, 0.1) is 0 Å². The molecule has 0 N–H and O–H groups in total. The molecule has 2 aliphatic heterocycles. The number of hydrogen-bond acceptors (Lipinski definition) is 5. The topological polar surface area (TPSA) is 72.0 Å². The van der Waals surface area contributed by atoms with Gasteiger partial charge in [-0.2, -0.15) is 0 Å². The van der Waals surface area contributed by atoms with Crippen LogP contribution in [-0.4, -0.2) is 47.0 Å². The highest BCUT2D eigenvalue weighted by Crippen LogP contribution is 2.37. The van der Waals surface area contributed by atoms with E-state index in [9.17, 15) is 9.59 Å². The zero-order chi connectivity index (χ0) is 21.9. The van der Waals surface area contributed by atoms with E-state index >= 15 is 0 Å². The lowest BCUT2D eigenvalue weighted by atomic mass is 10.1. The Morgan fingerprint density at radius 2 is 1.88 bits per heavy atom. The Bertz CT molecular complexity index is 1100. The molecule has 1 fully saturated rings. The number of para-hydroxylation sites is 3. The molecule has 2 unspecified atom stereocenters. The second kappa shape index (κ2) is 8.70. The van der Waals surface area contributed by atoms with Crippen LogP contribution in [0.5, 0.6) is 11.5 Å². The minimum Gasteiger partial charge on any atom is -0.486 e. The van der Waals surface area contributed by atoms with Crippen LogP contribution in [0.1, 0.15) is 12.0 Å². The number of likely N-dealkylation sites (tertiary alicyclic amines) is 1. The number of anilines is 1. The summed E-state index contributed by atoms with van der Waals surface area (Å²) in [7, 11) is 0. The number of carbonyl (C=O) groups is 2. The summed E-state index contributed by atoms with van der Waals surface area (Å²) in [6.45, 7) is 0.565. The third kappa shape index (κ3) is 4.01. The van der Waals surface area contributed by atoms with E-state index in [-0.39, 0.29) is 24.5 Å². The average molecular weight is 429 g/mol. The molecule has 3 heterocycles. The lowest BCUT2D eigenvalue weighted by Gasteiger charge is -2.31. The first-order valence-electron chi connectivity index (χ1n) is 10.6. The fourth-order valence-corrected chi connectivity index (χ4v) is 4.23. The van der Waals surface area contributed by atoms with E-state index < -0.39 is 6.04 Å². The van der Waals surface area contributed by atoms with Crippen LogP contribution >= 0.6 is 0 Å². The van der Waals surface area contributed by atoms with Gasteiger partial charge in [-0.15, -0.1) is 0 Å². The highest BCUT2D eigenvalue weighted by Gasteiger charge is 2.45. The van der Waals surface area contributed by atoms with Gasteiger partial charge in [-0.05, 0) is 35.9 Å². The predicted octanol–water partition coefficient (Wildman–Crippen LogP) is 3.06. The van der Waals surface area contributed by atoms with Crippen LogP contribution in [0.25, 0.3) is 0 Å². The largest absolute Gasteiger partial charge is 0.486 e. The minimum absolute atomic E-state index is 0.125. The summed E-state index contributed by atoms with van der Waals surface area (Å²) in [4.78, 5) is 34.2. The molecule has 2 amide bonds. The second-order valence-corrected chi connectivity index (χ2v) is 7.89. The van der Waals surface area contributed by atoms with Crippen molar-refractivity contribution in [3.05, 3.63) is 84.7 Å². The summed E-state index contributed by atoms with van der Waals surface area (Å²) >= 11 is 0. The van der Waals surface area contributed by atoms with Gasteiger partial charge in [0.05, 0.1) is 18.8 Å². The van der Waals surface area contributed by atoms with E-state index in [1.165, 1.54) is 0 Å². The third-order valence-corrected chi connectivity index (χ3v) is 5.75. The number of nitrogens with zero attached hydrogens (tertiary/aromatic N) is 3. The van der Waals surface area contributed by atoms with Gasteiger partial charge in [-0.3, -0.25) is 14.6 Å². The van der Waals surface area contributed by atoms with Gasteiger partial charge in [0.1, 0.15) is 23.6 Å². The Morgan fingerprint density at radius 3 is 2.69 bits per heavy atom. The SMILES string of the molecule is O=C1C2CC(CN2C(=O)COc2ccccc2)Oc2ccccc2N1Cc1cccnc1. The number of carbonyl (C=O) groups excluding carboxylic acids is 2. The molecular formula is C25H23N3O4. The number of amides is 2. The lowest BCUT2D eigenvalue weighted by molar-refractivity contribution is -0.139. The van der Waals surface area contributed by atoms with Crippen molar-refractivity contribution in [1.82, 2.24) is 9.88 Å². The lowest BCUT2D eigenvalue weighted by Crippen LogP contribution is -2.49. The summed E-state index contributed by atoms with van der Waals surface area (Å²) in [6.07, 6.45) is 3.65. The normalized spacial score (nSPS) is 19.6. The van der Waals surface area contributed by atoms with Crippen molar-refractivity contribution >= 4 is 17.5 Å². The number of pyridine rings is 1. The Kier molecular flexibility index (Phi) is 5.46. The van der Waals surface area contributed by atoms with Gasteiger partial charge in [0, 0.05) is 18.8 Å². The number of benzene rings is 2. The molecule has 7 nitrogen and oxygen atoms in total. The Morgan fingerprint density at radius 1 is 1.06 bits per heavy atom. The van der Waals surface area contributed by atoms with Gasteiger partial charge in [0.25, 0.3) is 5.91 Å². The quantitative estimate of drug-likeness (QED) is 0.623. The van der Waals surface area contributed by atoms with Crippen LogP contribution in [0.2, 0.25) is 0 Å². The van der Waals surface area contributed by atoms with Crippen molar-refractivity contribution in [3.8, 4) is 11.5 Å². The molecular weight excluding hydrogens is 406 g/mol. The summed E-state index contributed by atoms with van der Waals surface area (Å²) in [5.41, 5.74) is 1.60. The summed E-state index contributed by atoms with van der Waals surface area (Å²) < 4.78 is 11.9. The first-order valence-corrected chi connectivity index (χ1v) is 10.6. The van der Waals surface area contributed by atoms with Crippen molar-refractivity contribution in [2.24, 2.45) is 0 Å². The molecule has 7 heteroatoms. The van der Waals surface area contributed by atoms with Crippen LogP contribution in [0.4, 0.5) is 5.69 Å². The van der Waals surface area contributed by atoms with Crippen LogP contribution in [0.15, 0.2) is 79.1 Å². The molecule has 5 rings (SSSR count). The van der Waals surface area contributed by atoms with Crippen molar-refractivity contribution in [3.63, 3.8) is 0 Å². The van der Waals surface area contributed by atoms with E-state index in [0.717, 1.165) is 5.56 Å². The molecule has 2 aromatic carbocycles. The molecule has 1 saturated heterocycles. The van der Waals surface area contributed by atoms with Crippen molar-refractivity contribution < 1.29 is 19.1 Å². The van der Waals surface area contributed by atoms with Gasteiger partial charge < -0.3 is 19.3 Å². The summed E-state index contributed by atoms with van der Waals surface area (Å²) in [6, 6.07) is 19.9. The maximum absolute atomic E-state index is 13.7. The molecule has 162 valence electrons. The van der Waals surface area contributed by atoms with Gasteiger partial charge in [-0.1, -0.05) is 36.4 Å². The van der Waals surface area contributed by atoms with Crippen LogP contribution < -0.4 is 14.4 Å². The van der Waals surface area contributed by atoms with Crippen LogP contribution in [0.3, 0.4) is 0 Å².